The molecule has 13 heteroatoms. The Morgan fingerprint density at radius 3 is 2.76 bits per heavy atom. The average molecular weight is 554 g/mol. The lowest BCUT2D eigenvalue weighted by molar-refractivity contribution is -0.129. The maximum atomic E-state index is 14.5. The van der Waals surface area contributed by atoms with Gasteiger partial charge in [0.2, 0.25) is 17.7 Å². The Morgan fingerprint density at radius 2 is 2.05 bits per heavy atom. The van der Waals surface area contributed by atoms with Crippen molar-refractivity contribution in [3.05, 3.63) is 34.5 Å². The Morgan fingerprint density at radius 1 is 1.29 bits per heavy atom. The molecule has 3 aliphatic rings. The number of fused-ring (bicyclic) bond motifs is 2. The van der Waals surface area contributed by atoms with E-state index in [9.17, 15) is 37.2 Å². The van der Waals surface area contributed by atoms with E-state index in [1.54, 1.807) is 0 Å². The number of amides is 3. The highest BCUT2D eigenvalue weighted by Gasteiger charge is 2.58. The normalized spacial score (nSPS) is 27.1. The molecule has 3 N–H and O–H groups in total. The Kier molecular flexibility index (Phi) is 6.75. The summed E-state index contributed by atoms with van der Waals surface area (Å²) in [5.74, 6) is -8.69. The van der Waals surface area contributed by atoms with E-state index < -0.39 is 77.1 Å². The van der Waals surface area contributed by atoms with Crippen LogP contribution in [0.5, 0.6) is 0 Å². The highest BCUT2D eigenvalue weighted by atomic mass is 35.5. The Bertz CT molecular complexity index is 1360. The third-order valence-electron chi connectivity index (χ3n) is 7.78. The first-order valence-corrected chi connectivity index (χ1v) is 12.7. The Balaban J connectivity index is 1.41. The van der Waals surface area contributed by atoms with Crippen LogP contribution < -0.4 is 10.6 Å². The summed E-state index contributed by atoms with van der Waals surface area (Å²) < 4.78 is 57.3. The van der Waals surface area contributed by atoms with Crippen molar-refractivity contribution >= 4 is 40.2 Å². The van der Waals surface area contributed by atoms with Gasteiger partial charge in [-0.2, -0.15) is 5.26 Å². The average Bonchev–Trinajstić information content (AvgIpc) is 3.53. The monoisotopic (exact) mass is 553 g/mol. The summed E-state index contributed by atoms with van der Waals surface area (Å²) in [5.41, 5.74) is -0.569. The van der Waals surface area contributed by atoms with Crippen LogP contribution in [0.3, 0.4) is 0 Å². The lowest BCUT2D eigenvalue weighted by Crippen LogP contribution is -2.52. The van der Waals surface area contributed by atoms with Crippen LogP contribution in [0.1, 0.15) is 42.6 Å². The fourth-order valence-electron chi connectivity index (χ4n) is 6.05. The molecule has 2 aliphatic heterocycles. The molecule has 0 unspecified atom stereocenters. The van der Waals surface area contributed by atoms with Crippen LogP contribution in [0.2, 0.25) is 5.02 Å². The number of nitriles is 1. The summed E-state index contributed by atoms with van der Waals surface area (Å²) in [6.45, 7) is 0.365. The minimum absolute atomic E-state index is 0.0420. The number of benzene rings is 1. The van der Waals surface area contributed by atoms with Gasteiger partial charge in [-0.3, -0.25) is 14.4 Å². The first kappa shape index (κ1) is 26.3. The molecule has 1 aliphatic carbocycles. The third-order valence-corrected chi connectivity index (χ3v) is 8.06. The maximum Gasteiger partial charge on any atom is 0.271 e. The van der Waals surface area contributed by atoms with Gasteiger partial charge in [-0.05, 0) is 43.2 Å². The fourth-order valence-corrected chi connectivity index (χ4v) is 6.24. The van der Waals surface area contributed by atoms with Gasteiger partial charge in [0.15, 0.2) is 5.82 Å². The molecule has 202 valence electrons. The van der Waals surface area contributed by atoms with Crippen LogP contribution >= 0.6 is 11.6 Å². The number of hydrogen-bond acceptors (Lipinski definition) is 4. The number of hydrogen-bond donors (Lipinski definition) is 3. The molecule has 3 fully saturated rings. The molecule has 3 amide bonds. The standard InChI is InChI=1S/C25H24ClF4N5O3/c26-16-6-17(27)14-5-18(34-20(14)19(16)28)24(38)35-10-12-7-25(29,30)8-15(12)21(35)23(37)33-13(9-31)4-11-2-1-3-32-22(11)36/h5-6,11-13,15,21,34H,1-4,7-8,10H2,(H,32,36)(H,33,37)/t11-,12+,13+,15+,21+/m1/s1. The number of alkyl halides is 2. The summed E-state index contributed by atoms with van der Waals surface area (Å²) in [6.07, 6.45) is 0.180. The van der Waals surface area contributed by atoms with Crippen molar-refractivity contribution in [2.24, 2.45) is 17.8 Å². The van der Waals surface area contributed by atoms with Crippen LogP contribution in [-0.4, -0.2) is 58.7 Å². The molecule has 2 saturated heterocycles. The Labute approximate surface area is 219 Å². The van der Waals surface area contributed by atoms with E-state index in [4.69, 9.17) is 11.6 Å². The van der Waals surface area contributed by atoms with Crippen molar-refractivity contribution in [1.82, 2.24) is 20.5 Å². The predicted octanol–water partition coefficient (Wildman–Crippen LogP) is 3.51. The number of H-pyrrole nitrogens is 1. The molecule has 0 radical (unpaired) electrons. The van der Waals surface area contributed by atoms with Gasteiger partial charge in [0.1, 0.15) is 23.6 Å². The van der Waals surface area contributed by atoms with Gasteiger partial charge in [-0.25, -0.2) is 17.6 Å². The van der Waals surface area contributed by atoms with E-state index in [1.807, 2.05) is 6.07 Å². The molecule has 5 atom stereocenters. The van der Waals surface area contributed by atoms with Crippen molar-refractivity contribution in [3.8, 4) is 6.07 Å². The molecule has 2 aromatic rings. The molecule has 0 spiro atoms. The Hall–Kier alpha value is -3.33. The second kappa shape index (κ2) is 9.76. The molecule has 1 aromatic carbocycles. The SMILES string of the molecule is N#C[C@H](C[C@H]1CCCNC1=O)NC(=O)[C@@H]1[C@H]2CC(F)(F)C[C@H]2CN1C(=O)c1cc2c(F)cc(Cl)c(F)c2[nH]1. The number of nitrogens with zero attached hydrogens (tertiary/aromatic N) is 2. The number of rotatable bonds is 5. The molecule has 1 aromatic heterocycles. The smallest absolute Gasteiger partial charge is 0.271 e. The molecular weight excluding hydrogens is 530 g/mol. The molecule has 0 bridgehead atoms. The highest BCUT2D eigenvalue weighted by molar-refractivity contribution is 6.31. The lowest BCUT2D eigenvalue weighted by Gasteiger charge is -2.29. The number of carbonyl (C=O) groups is 3. The summed E-state index contributed by atoms with van der Waals surface area (Å²) in [6, 6.07) is 1.40. The van der Waals surface area contributed by atoms with E-state index in [0.29, 0.717) is 13.0 Å². The van der Waals surface area contributed by atoms with Crippen molar-refractivity contribution < 1.29 is 31.9 Å². The number of aromatic nitrogens is 1. The van der Waals surface area contributed by atoms with Crippen LogP contribution in [0.15, 0.2) is 12.1 Å². The zero-order chi connectivity index (χ0) is 27.4. The largest absolute Gasteiger partial charge is 0.356 e. The van der Waals surface area contributed by atoms with Crippen molar-refractivity contribution in [1.29, 1.82) is 5.26 Å². The summed E-state index contributed by atoms with van der Waals surface area (Å²) in [4.78, 5) is 42.6. The van der Waals surface area contributed by atoms with Crippen LogP contribution in [0, 0.1) is 40.7 Å². The highest BCUT2D eigenvalue weighted by Crippen LogP contribution is 2.50. The van der Waals surface area contributed by atoms with Crippen LogP contribution in [0.4, 0.5) is 17.6 Å². The first-order chi connectivity index (χ1) is 18.0. The van der Waals surface area contributed by atoms with Crippen LogP contribution in [0.25, 0.3) is 10.9 Å². The van der Waals surface area contributed by atoms with Gasteiger partial charge in [-0.15, -0.1) is 0 Å². The minimum Gasteiger partial charge on any atom is -0.356 e. The maximum absolute atomic E-state index is 14.5. The van der Waals surface area contributed by atoms with Gasteiger partial charge < -0.3 is 20.5 Å². The van der Waals surface area contributed by atoms with Gasteiger partial charge >= 0.3 is 0 Å². The number of nitrogens with one attached hydrogen (secondary N) is 3. The second-order valence-corrected chi connectivity index (χ2v) is 10.7. The van der Waals surface area contributed by atoms with E-state index in [1.165, 1.54) is 0 Å². The van der Waals surface area contributed by atoms with Crippen molar-refractivity contribution in [2.75, 3.05) is 13.1 Å². The van der Waals surface area contributed by atoms with Crippen LogP contribution in [-0.2, 0) is 9.59 Å². The van der Waals surface area contributed by atoms with E-state index >= 15 is 0 Å². The van der Waals surface area contributed by atoms with Gasteiger partial charge in [0.05, 0.1) is 16.6 Å². The first-order valence-electron chi connectivity index (χ1n) is 12.3. The van der Waals surface area contributed by atoms with Crippen molar-refractivity contribution in [2.45, 2.75) is 50.1 Å². The topological polar surface area (TPSA) is 118 Å². The summed E-state index contributed by atoms with van der Waals surface area (Å²) in [5, 5.41) is 14.2. The second-order valence-electron chi connectivity index (χ2n) is 10.3. The van der Waals surface area contributed by atoms with E-state index in [0.717, 1.165) is 23.5 Å². The molecule has 5 rings (SSSR count). The van der Waals surface area contributed by atoms with E-state index in [2.05, 4.69) is 15.6 Å². The number of piperidine rings is 1. The number of halogens is 5. The van der Waals surface area contributed by atoms with Crippen molar-refractivity contribution in [3.63, 3.8) is 0 Å². The van der Waals surface area contributed by atoms with Gasteiger partial charge in [-0.1, -0.05) is 11.6 Å². The van der Waals surface area contributed by atoms with E-state index in [-0.39, 0.29) is 35.5 Å². The zero-order valence-electron chi connectivity index (χ0n) is 20.0. The number of likely N-dealkylation sites (tertiary alicyclic amines) is 1. The number of carbonyl (C=O) groups excluding carboxylic acids is 3. The zero-order valence-corrected chi connectivity index (χ0v) is 20.8. The van der Waals surface area contributed by atoms with Gasteiger partial charge in [0, 0.05) is 37.2 Å². The fraction of sp³-hybridized carbons (Fsp3) is 0.520. The lowest BCUT2D eigenvalue weighted by atomic mass is 9.90. The quantitative estimate of drug-likeness (QED) is 0.388. The molecular formula is C25H24ClF4N5O3. The summed E-state index contributed by atoms with van der Waals surface area (Å²) >= 11 is 5.70. The molecule has 3 heterocycles. The molecule has 38 heavy (non-hydrogen) atoms. The number of aromatic amines is 1. The summed E-state index contributed by atoms with van der Waals surface area (Å²) in [7, 11) is 0. The minimum atomic E-state index is -3.01. The molecule has 8 nitrogen and oxygen atoms in total. The predicted molar refractivity (Wildman–Crippen MR) is 127 cm³/mol. The van der Waals surface area contributed by atoms with Gasteiger partial charge in [0.25, 0.3) is 5.91 Å². The molecule has 1 saturated carbocycles. The third kappa shape index (κ3) is 4.68.